The Bertz CT molecular complexity index is 835. The zero-order valence-corrected chi connectivity index (χ0v) is 13.9. The van der Waals surface area contributed by atoms with Gasteiger partial charge in [-0.05, 0) is 24.8 Å². The number of carbonyl (C=O) groups excluding carboxylic acids is 1. The molecule has 1 aliphatic heterocycles. The number of aromatic nitrogens is 2. The smallest absolute Gasteiger partial charge is 0.328 e. The maximum absolute atomic E-state index is 12.5. The first-order valence-electron chi connectivity index (χ1n) is 8.41. The molecule has 0 saturated carbocycles. The van der Waals surface area contributed by atoms with Crippen LogP contribution in [0.15, 0.2) is 46.1 Å². The van der Waals surface area contributed by atoms with Gasteiger partial charge in [-0.3, -0.25) is 14.2 Å². The molecule has 1 fully saturated rings. The number of aromatic amines is 1. The highest BCUT2D eigenvalue weighted by atomic mass is 16.5. The minimum absolute atomic E-state index is 0.0642. The lowest BCUT2D eigenvalue weighted by Gasteiger charge is -2.12. The summed E-state index contributed by atoms with van der Waals surface area (Å²) in [6.45, 7) is 1.21. The highest BCUT2D eigenvalue weighted by molar-refractivity contribution is 5.93. The molecule has 1 saturated heterocycles. The molecule has 1 unspecified atom stereocenters. The first-order valence-corrected chi connectivity index (χ1v) is 8.41. The summed E-state index contributed by atoms with van der Waals surface area (Å²) in [5.41, 5.74) is -0.0801. The van der Waals surface area contributed by atoms with Crippen molar-refractivity contribution >= 4 is 5.91 Å². The largest absolute Gasteiger partial charge is 0.376 e. The molecule has 7 nitrogen and oxygen atoms in total. The van der Waals surface area contributed by atoms with E-state index >= 15 is 0 Å². The lowest BCUT2D eigenvalue weighted by Crippen LogP contribution is -2.42. The third-order valence-corrected chi connectivity index (χ3v) is 4.26. The topological polar surface area (TPSA) is 93.2 Å². The molecule has 7 heteroatoms. The van der Waals surface area contributed by atoms with E-state index in [1.165, 1.54) is 6.20 Å². The highest BCUT2D eigenvalue weighted by Gasteiger charge is 2.20. The van der Waals surface area contributed by atoms with Gasteiger partial charge in [0.05, 0.1) is 12.6 Å². The van der Waals surface area contributed by atoms with E-state index in [-0.39, 0.29) is 18.2 Å². The van der Waals surface area contributed by atoms with E-state index in [0.717, 1.165) is 23.0 Å². The first kappa shape index (κ1) is 17.2. The van der Waals surface area contributed by atoms with E-state index in [1.807, 2.05) is 30.3 Å². The fourth-order valence-corrected chi connectivity index (χ4v) is 2.89. The second-order valence-electron chi connectivity index (χ2n) is 6.05. The van der Waals surface area contributed by atoms with E-state index in [0.29, 0.717) is 19.6 Å². The Hall–Kier alpha value is -2.67. The third kappa shape index (κ3) is 4.24. The normalized spacial score (nSPS) is 16.7. The van der Waals surface area contributed by atoms with Crippen molar-refractivity contribution in [2.75, 3.05) is 13.2 Å². The Morgan fingerprint density at radius 3 is 2.80 bits per heavy atom. The van der Waals surface area contributed by atoms with E-state index in [1.54, 1.807) is 0 Å². The number of hydrogen-bond acceptors (Lipinski definition) is 4. The van der Waals surface area contributed by atoms with Crippen LogP contribution in [0.5, 0.6) is 0 Å². The lowest BCUT2D eigenvalue weighted by atomic mass is 10.1. The van der Waals surface area contributed by atoms with Gasteiger partial charge in [-0.15, -0.1) is 0 Å². The van der Waals surface area contributed by atoms with Gasteiger partial charge in [-0.25, -0.2) is 4.79 Å². The number of benzene rings is 1. The van der Waals surface area contributed by atoms with Crippen molar-refractivity contribution in [2.45, 2.75) is 31.9 Å². The van der Waals surface area contributed by atoms with E-state index in [9.17, 15) is 14.4 Å². The number of nitrogens with one attached hydrogen (secondary N) is 2. The molecule has 25 heavy (non-hydrogen) atoms. The second-order valence-corrected chi connectivity index (χ2v) is 6.05. The highest BCUT2D eigenvalue weighted by Crippen LogP contribution is 2.12. The van der Waals surface area contributed by atoms with Crippen LogP contribution >= 0.6 is 0 Å². The Morgan fingerprint density at radius 1 is 1.28 bits per heavy atom. The van der Waals surface area contributed by atoms with Gasteiger partial charge in [-0.2, -0.15) is 0 Å². The quantitative estimate of drug-likeness (QED) is 0.807. The zero-order valence-electron chi connectivity index (χ0n) is 13.9. The molecule has 2 heterocycles. The Labute approximate surface area is 144 Å². The predicted octanol–water partition coefficient (Wildman–Crippen LogP) is 0.688. The number of amides is 1. The second kappa shape index (κ2) is 7.94. The molecule has 1 amide bonds. The lowest BCUT2D eigenvalue weighted by molar-refractivity contribution is 0.0923. The fourth-order valence-electron chi connectivity index (χ4n) is 2.89. The van der Waals surface area contributed by atoms with Gasteiger partial charge in [-0.1, -0.05) is 30.3 Å². The molecule has 2 aromatic rings. The maximum Gasteiger partial charge on any atom is 0.328 e. The standard InChI is InChI=1S/C18H21N3O4/c22-16(19-9-8-13-5-2-1-3-6-13)15-11-20-18(24)21(17(15)23)12-14-7-4-10-25-14/h1-3,5-6,11,14H,4,7-10,12H2,(H,19,22)(H,20,24). The molecule has 1 aromatic heterocycles. The Balaban J connectivity index is 1.67. The van der Waals surface area contributed by atoms with Gasteiger partial charge in [0.15, 0.2) is 0 Å². The van der Waals surface area contributed by atoms with Gasteiger partial charge in [0.1, 0.15) is 5.56 Å². The van der Waals surface area contributed by atoms with Crippen molar-refractivity contribution in [3.63, 3.8) is 0 Å². The van der Waals surface area contributed by atoms with Gasteiger partial charge in [0.2, 0.25) is 0 Å². The van der Waals surface area contributed by atoms with Crippen LogP contribution in [0, 0.1) is 0 Å². The van der Waals surface area contributed by atoms with Crippen molar-refractivity contribution in [3.05, 3.63) is 68.5 Å². The summed E-state index contributed by atoms with van der Waals surface area (Å²) in [5.74, 6) is -0.488. The molecule has 0 radical (unpaired) electrons. The van der Waals surface area contributed by atoms with E-state index < -0.39 is 17.2 Å². The number of nitrogens with zero attached hydrogens (tertiary/aromatic N) is 1. The van der Waals surface area contributed by atoms with Crippen LogP contribution in [0.4, 0.5) is 0 Å². The van der Waals surface area contributed by atoms with Crippen LogP contribution in [-0.2, 0) is 17.7 Å². The summed E-state index contributed by atoms with van der Waals surface area (Å²) in [6, 6.07) is 9.74. The van der Waals surface area contributed by atoms with Crippen LogP contribution < -0.4 is 16.6 Å². The van der Waals surface area contributed by atoms with Gasteiger partial charge >= 0.3 is 5.69 Å². The average Bonchev–Trinajstić information content (AvgIpc) is 3.12. The predicted molar refractivity (Wildman–Crippen MR) is 92.8 cm³/mol. The molecular weight excluding hydrogens is 322 g/mol. The number of H-pyrrole nitrogens is 1. The van der Waals surface area contributed by atoms with Crippen molar-refractivity contribution < 1.29 is 9.53 Å². The first-order chi connectivity index (χ1) is 12.1. The Morgan fingerprint density at radius 2 is 2.08 bits per heavy atom. The zero-order chi connectivity index (χ0) is 17.6. The van der Waals surface area contributed by atoms with Crippen LogP contribution in [0.3, 0.4) is 0 Å². The molecule has 0 aliphatic carbocycles. The molecular formula is C18H21N3O4. The van der Waals surface area contributed by atoms with Crippen molar-refractivity contribution in [1.29, 1.82) is 0 Å². The minimum atomic E-state index is -0.587. The van der Waals surface area contributed by atoms with Crippen molar-refractivity contribution in [1.82, 2.24) is 14.9 Å². The molecule has 132 valence electrons. The number of ether oxygens (including phenoxy) is 1. The van der Waals surface area contributed by atoms with Gasteiger partial charge < -0.3 is 15.0 Å². The average molecular weight is 343 g/mol. The van der Waals surface area contributed by atoms with Crippen molar-refractivity contribution in [3.8, 4) is 0 Å². The van der Waals surface area contributed by atoms with Crippen LogP contribution in [-0.4, -0.2) is 34.7 Å². The van der Waals surface area contributed by atoms with Crippen LogP contribution in [0.2, 0.25) is 0 Å². The summed E-state index contributed by atoms with van der Waals surface area (Å²) < 4.78 is 6.51. The SMILES string of the molecule is O=C(NCCc1ccccc1)c1c[nH]c(=O)n(CC2CCCO2)c1=O. The van der Waals surface area contributed by atoms with E-state index in [4.69, 9.17) is 4.74 Å². The Kier molecular flexibility index (Phi) is 5.45. The summed E-state index contributed by atoms with van der Waals surface area (Å²) in [7, 11) is 0. The molecule has 1 atom stereocenters. The summed E-state index contributed by atoms with van der Waals surface area (Å²) in [4.78, 5) is 39.1. The molecule has 1 aromatic carbocycles. The maximum atomic E-state index is 12.5. The van der Waals surface area contributed by atoms with Crippen LogP contribution in [0.1, 0.15) is 28.8 Å². The number of hydrogen-bond donors (Lipinski definition) is 2. The van der Waals surface area contributed by atoms with Crippen LogP contribution in [0.25, 0.3) is 0 Å². The number of rotatable bonds is 6. The summed E-state index contributed by atoms with van der Waals surface area (Å²) >= 11 is 0. The van der Waals surface area contributed by atoms with E-state index in [2.05, 4.69) is 10.3 Å². The van der Waals surface area contributed by atoms with Gasteiger partial charge in [0, 0.05) is 19.3 Å². The van der Waals surface area contributed by atoms with Crippen molar-refractivity contribution in [2.24, 2.45) is 0 Å². The molecule has 0 spiro atoms. The molecule has 2 N–H and O–H groups in total. The molecule has 3 rings (SSSR count). The van der Waals surface area contributed by atoms with Gasteiger partial charge in [0.25, 0.3) is 11.5 Å². The summed E-state index contributed by atoms with van der Waals surface area (Å²) in [5, 5.41) is 2.72. The molecule has 1 aliphatic rings. The summed E-state index contributed by atoms with van der Waals surface area (Å²) in [6.07, 6.45) is 3.40. The fraction of sp³-hybridized carbons (Fsp3) is 0.389. The monoisotopic (exact) mass is 343 g/mol. The molecule has 0 bridgehead atoms. The minimum Gasteiger partial charge on any atom is -0.376 e. The third-order valence-electron chi connectivity index (χ3n) is 4.26. The number of carbonyl (C=O) groups is 1.